The lowest BCUT2D eigenvalue weighted by Gasteiger charge is -2.32. The summed E-state index contributed by atoms with van der Waals surface area (Å²) < 4.78 is 29.8. The molecule has 1 aromatic rings. The summed E-state index contributed by atoms with van der Waals surface area (Å²) >= 11 is 0. The van der Waals surface area contributed by atoms with E-state index in [1.807, 2.05) is 0 Å². The summed E-state index contributed by atoms with van der Waals surface area (Å²) in [7, 11) is -3.51. The molecule has 0 bridgehead atoms. The number of aromatic nitrogens is 3. The molecule has 21 heavy (non-hydrogen) atoms. The van der Waals surface area contributed by atoms with Gasteiger partial charge in [-0.1, -0.05) is 12.1 Å². The molecule has 1 N–H and O–H groups in total. The number of rotatable bonds is 3. The predicted octanol–water partition coefficient (Wildman–Crippen LogP) is -0.528. The Morgan fingerprint density at radius 1 is 1.24 bits per heavy atom. The number of piperidine rings is 1. The van der Waals surface area contributed by atoms with E-state index in [9.17, 15) is 13.5 Å². The average Bonchev–Trinajstić information content (AvgIpc) is 3.07. The summed E-state index contributed by atoms with van der Waals surface area (Å²) in [6, 6.07) is -0.371. The molecule has 0 spiro atoms. The van der Waals surface area contributed by atoms with Crippen LogP contribution in [0, 0.1) is 5.92 Å². The molecule has 1 aromatic heterocycles. The van der Waals surface area contributed by atoms with Crippen molar-refractivity contribution in [3.8, 4) is 0 Å². The van der Waals surface area contributed by atoms with Crippen molar-refractivity contribution >= 4 is 10.2 Å². The van der Waals surface area contributed by atoms with Crippen molar-refractivity contribution in [3.63, 3.8) is 0 Å². The lowest BCUT2D eigenvalue weighted by Crippen LogP contribution is -2.47. The summed E-state index contributed by atoms with van der Waals surface area (Å²) in [6.07, 6.45) is 4.37. The Morgan fingerprint density at radius 3 is 2.71 bits per heavy atom. The van der Waals surface area contributed by atoms with Crippen molar-refractivity contribution in [2.24, 2.45) is 5.92 Å². The third kappa shape index (κ3) is 2.83. The van der Waals surface area contributed by atoms with Crippen LogP contribution in [0.1, 0.15) is 25.8 Å². The Labute approximate surface area is 124 Å². The van der Waals surface area contributed by atoms with Gasteiger partial charge in [-0.15, -0.1) is 5.10 Å². The van der Waals surface area contributed by atoms with Gasteiger partial charge < -0.3 is 5.11 Å². The monoisotopic (exact) mass is 315 g/mol. The molecule has 3 atom stereocenters. The summed E-state index contributed by atoms with van der Waals surface area (Å²) in [5, 5.41) is 17.7. The molecule has 1 unspecified atom stereocenters. The first-order valence-corrected chi connectivity index (χ1v) is 8.67. The summed E-state index contributed by atoms with van der Waals surface area (Å²) in [6.45, 7) is 3.53. The van der Waals surface area contributed by atoms with Crippen molar-refractivity contribution in [2.45, 2.75) is 31.9 Å². The minimum absolute atomic E-state index is 0.109. The highest BCUT2D eigenvalue weighted by atomic mass is 32.2. The van der Waals surface area contributed by atoms with E-state index in [0.717, 1.165) is 12.8 Å². The fourth-order valence-electron chi connectivity index (χ4n) is 3.10. The van der Waals surface area contributed by atoms with Gasteiger partial charge in [0, 0.05) is 32.4 Å². The molecule has 0 aromatic carbocycles. The van der Waals surface area contributed by atoms with Crippen LogP contribution in [0.2, 0.25) is 0 Å². The fourth-order valence-corrected chi connectivity index (χ4v) is 4.91. The van der Waals surface area contributed by atoms with Crippen LogP contribution in [-0.4, -0.2) is 69.4 Å². The Kier molecular flexibility index (Phi) is 4.00. The number of aliphatic hydroxyl groups excluding tert-OH is 1. The number of hydrogen-bond acceptors (Lipinski definition) is 5. The lowest BCUT2D eigenvalue weighted by atomic mass is 10.0. The fraction of sp³-hybridized carbons (Fsp3) is 0.833. The van der Waals surface area contributed by atoms with Gasteiger partial charge in [0.15, 0.2) is 0 Å². The standard InChI is InChI=1S/C12H21N5O3S/c1-10-3-2-5-15(7-10)21(19,20)16-8-11(12(18)9-16)17-6-4-13-14-17/h4,6,10-12,18H,2-3,5,7-9H2,1H3/t10?,11-,12-/m1/s1. The van der Waals surface area contributed by atoms with Gasteiger partial charge in [-0.05, 0) is 18.8 Å². The van der Waals surface area contributed by atoms with Crippen molar-refractivity contribution in [3.05, 3.63) is 12.4 Å². The second-order valence-corrected chi connectivity index (χ2v) is 7.88. The molecule has 0 aliphatic carbocycles. The highest BCUT2D eigenvalue weighted by Crippen LogP contribution is 2.27. The molecule has 0 radical (unpaired) electrons. The second-order valence-electron chi connectivity index (χ2n) is 5.95. The van der Waals surface area contributed by atoms with Crippen LogP contribution in [0.4, 0.5) is 0 Å². The van der Waals surface area contributed by atoms with Crippen LogP contribution in [0.15, 0.2) is 12.4 Å². The van der Waals surface area contributed by atoms with Gasteiger partial charge in [0.25, 0.3) is 10.2 Å². The minimum atomic E-state index is -3.51. The van der Waals surface area contributed by atoms with Crippen LogP contribution in [-0.2, 0) is 10.2 Å². The van der Waals surface area contributed by atoms with E-state index in [1.54, 1.807) is 6.20 Å². The maximum atomic E-state index is 12.7. The second kappa shape index (κ2) is 5.64. The van der Waals surface area contributed by atoms with Crippen molar-refractivity contribution < 1.29 is 13.5 Å². The van der Waals surface area contributed by atoms with E-state index in [1.165, 1.54) is 19.5 Å². The molecule has 118 valence electrons. The van der Waals surface area contributed by atoms with Crippen LogP contribution in [0.5, 0.6) is 0 Å². The minimum Gasteiger partial charge on any atom is -0.389 e. The molecular formula is C12H21N5O3S. The smallest absolute Gasteiger partial charge is 0.282 e. The van der Waals surface area contributed by atoms with E-state index in [0.29, 0.717) is 19.0 Å². The normalized spacial score (nSPS) is 32.6. The molecule has 0 saturated carbocycles. The predicted molar refractivity (Wildman–Crippen MR) is 75.5 cm³/mol. The number of aliphatic hydroxyl groups is 1. The van der Waals surface area contributed by atoms with E-state index >= 15 is 0 Å². The number of hydrogen-bond donors (Lipinski definition) is 1. The third-order valence-electron chi connectivity index (χ3n) is 4.28. The molecule has 2 saturated heterocycles. The molecule has 2 aliphatic rings. The van der Waals surface area contributed by atoms with Gasteiger partial charge >= 0.3 is 0 Å². The molecule has 3 heterocycles. The Bertz CT molecular complexity index is 576. The zero-order valence-corrected chi connectivity index (χ0v) is 12.9. The molecule has 9 heteroatoms. The van der Waals surface area contributed by atoms with Gasteiger partial charge in [-0.2, -0.15) is 17.0 Å². The third-order valence-corrected chi connectivity index (χ3v) is 6.21. The Balaban J connectivity index is 1.75. The van der Waals surface area contributed by atoms with E-state index in [2.05, 4.69) is 17.2 Å². The summed E-state index contributed by atoms with van der Waals surface area (Å²) in [4.78, 5) is 0. The van der Waals surface area contributed by atoms with Crippen LogP contribution < -0.4 is 0 Å². The van der Waals surface area contributed by atoms with Crippen molar-refractivity contribution in [1.82, 2.24) is 23.6 Å². The molecule has 2 aliphatic heterocycles. The quantitative estimate of drug-likeness (QED) is 0.810. The SMILES string of the molecule is CC1CCCN(S(=O)(=O)N2C[C@@H](O)[C@H](n3ccnn3)C2)C1. The van der Waals surface area contributed by atoms with E-state index in [4.69, 9.17) is 0 Å². The highest BCUT2D eigenvalue weighted by molar-refractivity contribution is 7.86. The highest BCUT2D eigenvalue weighted by Gasteiger charge is 2.42. The topological polar surface area (TPSA) is 91.6 Å². The van der Waals surface area contributed by atoms with Gasteiger partial charge in [-0.25, -0.2) is 4.68 Å². The van der Waals surface area contributed by atoms with E-state index in [-0.39, 0.29) is 19.1 Å². The molecular weight excluding hydrogens is 294 g/mol. The van der Waals surface area contributed by atoms with Crippen LogP contribution in [0.3, 0.4) is 0 Å². The first-order chi connectivity index (χ1) is 9.98. The van der Waals surface area contributed by atoms with Gasteiger partial charge in [0.05, 0.1) is 18.3 Å². The van der Waals surface area contributed by atoms with Crippen molar-refractivity contribution in [2.75, 3.05) is 26.2 Å². The van der Waals surface area contributed by atoms with Gasteiger partial charge in [-0.3, -0.25) is 0 Å². The van der Waals surface area contributed by atoms with Gasteiger partial charge in [0.2, 0.25) is 0 Å². The van der Waals surface area contributed by atoms with E-state index < -0.39 is 16.3 Å². The largest absolute Gasteiger partial charge is 0.389 e. The average molecular weight is 315 g/mol. The van der Waals surface area contributed by atoms with Crippen LogP contribution >= 0.6 is 0 Å². The maximum absolute atomic E-state index is 12.7. The molecule has 2 fully saturated rings. The molecule has 0 amide bonds. The number of β-amino-alcohol motifs (C(OH)–C–C–N with tert-alkyl or cyclic N) is 1. The van der Waals surface area contributed by atoms with Crippen LogP contribution in [0.25, 0.3) is 0 Å². The lowest BCUT2D eigenvalue weighted by molar-refractivity contribution is 0.141. The summed E-state index contributed by atoms with van der Waals surface area (Å²) in [5.41, 5.74) is 0. The molecule has 3 rings (SSSR count). The number of nitrogens with zero attached hydrogens (tertiary/aromatic N) is 5. The van der Waals surface area contributed by atoms with Gasteiger partial charge in [0.1, 0.15) is 0 Å². The van der Waals surface area contributed by atoms with Crippen molar-refractivity contribution in [1.29, 1.82) is 0 Å². The zero-order valence-electron chi connectivity index (χ0n) is 12.0. The first-order valence-electron chi connectivity index (χ1n) is 7.27. The zero-order chi connectivity index (χ0) is 15.0. The maximum Gasteiger partial charge on any atom is 0.282 e. The molecule has 8 nitrogen and oxygen atoms in total. The Hall–Kier alpha value is -1.03. The Morgan fingerprint density at radius 2 is 2.05 bits per heavy atom. The summed E-state index contributed by atoms with van der Waals surface area (Å²) in [5.74, 6) is 0.382. The first kappa shape index (κ1) is 14.9.